The van der Waals surface area contributed by atoms with E-state index in [1.165, 1.54) is 0 Å². The minimum atomic E-state index is -0.359. The van der Waals surface area contributed by atoms with Crippen molar-refractivity contribution in [1.29, 1.82) is 0 Å². The van der Waals surface area contributed by atoms with Gasteiger partial charge in [0, 0.05) is 0 Å². The lowest BCUT2D eigenvalue weighted by Gasteiger charge is -2.11. The van der Waals surface area contributed by atoms with E-state index in [0.29, 0.717) is 0 Å². The van der Waals surface area contributed by atoms with Gasteiger partial charge in [0.15, 0.2) is 0 Å². The second kappa shape index (κ2) is 4.57. The first-order chi connectivity index (χ1) is 6.19. The largest absolute Gasteiger partial charge is 0.496 e. The van der Waals surface area contributed by atoms with Crippen molar-refractivity contribution in [2.45, 2.75) is 6.17 Å². The van der Waals surface area contributed by atoms with E-state index in [2.05, 4.69) is 21.4 Å². The number of nitrogens with two attached hydrogens (primary N) is 2. The number of rotatable bonds is 3. The predicted molar refractivity (Wildman–Crippen MR) is 54.9 cm³/mol. The van der Waals surface area contributed by atoms with Crippen molar-refractivity contribution in [3.8, 4) is 5.75 Å². The summed E-state index contributed by atoms with van der Waals surface area (Å²) >= 11 is 3.36. The third kappa shape index (κ3) is 2.41. The fourth-order valence-corrected chi connectivity index (χ4v) is 1.53. The van der Waals surface area contributed by atoms with Crippen LogP contribution < -0.4 is 21.7 Å². The molecule has 13 heavy (non-hydrogen) atoms. The van der Waals surface area contributed by atoms with Crippen LogP contribution in [0, 0.1) is 0 Å². The normalized spacial score (nSPS) is 12.6. The van der Waals surface area contributed by atoms with Crippen LogP contribution in [0.4, 0.5) is 0 Å². The highest BCUT2D eigenvalue weighted by molar-refractivity contribution is 9.10. The highest BCUT2D eigenvalue weighted by Gasteiger charge is 2.06. The Bertz CT molecular complexity index is 293. The van der Waals surface area contributed by atoms with E-state index in [1.807, 2.05) is 18.2 Å². The van der Waals surface area contributed by atoms with E-state index in [4.69, 9.17) is 16.3 Å². The Morgan fingerprint density at radius 1 is 1.54 bits per heavy atom. The van der Waals surface area contributed by atoms with Crippen LogP contribution in [0.1, 0.15) is 11.7 Å². The van der Waals surface area contributed by atoms with Crippen molar-refractivity contribution in [3.63, 3.8) is 0 Å². The summed E-state index contributed by atoms with van der Waals surface area (Å²) in [7, 11) is 1.61. The Morgan fingerprint density at radius 3 is 2.69 bits per heavy atom. The monoisotopic (exact) mass is 245 g/mol. The third-order valence-corrected chi connectivity index (χ3v) is 2.33. The molecule has 1 aromatic carbocycles. The number of hydrogen-bond acceptors (Lipinski definition) is 4. The van der Waals surface area contributed by atoms with Crippen molar-refractivity contribution < 1.29 is 4.74 Å². The number of benzene rings is 1. The molecule has 0 aliphatic heterocycles. The molecule has 0 amide bonds. The van der Waals surface area contributed by atoms with Crippen LogP contribution in [0.2, 0.25) is 0 Å². The maximum Gasteiger partial charge on any atom is 0.133 e. The van der Waals surface area contributed by atoms with Gasteiger partial charge in [-0.1, -0.05) is 6.07 Å². The fourth-order valence-electron chi connectivity index (χ4n) is 0.972. The maximum absolute atomic E-state index is 5.66. The summed E-state index contributed by atoms with van der Waals surface area (Å²) in [5, 5.41) is 0. The van der Waals surface area contributed by atoms with Gasteiger partial charge in [-0.3, -0.25) is 5.84 Å². The molecule has 0 fully saturated rings. The minimum Gasteiger partial charge on any atom is -0.496 e. The fraction of sp³-hybridized carbons (Fsp3) is 0.250. The molecule has 5 heteroatoms. The highest BCUT2D eigenvalue weighted by atomic mass is 79.9. The number of methoxy groups -OCH3 is 1. The highest BCUT2D eigenvalue weighted by Crippen LogP contribution is 2.26. The standard InChI is InChI=1S/C8H12BrN3O/c1-13-7-3-2-5(4-6(7)9)8(10)12-11/h2-4,8,12H,10-11H2,1H3. The molecule has 1 rings (SSSR count). The summed E-state index contributed by atoms with van der Waals surface area (Å²) < 4.78 is 5.93. The van der Waals surface area contributed by atoms with Gasteiger partial charge in [0.25, 0.3) is 0 Å². The van der Waals surface area contributed by atoms with E-state index < -0.39 is 0 Å². The minimum absolute atomic E-state index is 0.359. The Kier molecular flexibility index (Phi) is 3.68. The molecule has 0 aliphatic rings. The first-order valence-corrected chi connectivity index (χ1v) is 4.53. The van der Waals surface area contributed by atoms with E-state index in [9.17, 15) is 0 Å². The third-order valence-electron chi connectivity index (χ3n) is 1.71. The number of ether oxygens (including phenoxy) is 1. The molecule has 1 aromatic rings. The van der Waals surface area contributed by atoms with Crippen LogP contribution in [0.3, 0.4) is 0 Å². The van der Waals surface area contributed by atoms with Gasteiger partial charge in [-0.15, -0.1) is 0 Å². The molecular formula is C8H12BrN3O. The van der Waals surface area contributed by atoms with Crippen molar-refractivity contribution in [1.82, 2.24) is 5.43 Å². The summed E-state index contributed by atoms with van der Waals surface area (Å²) in [6.07, 6.45) is -0.359. The van der Waals surface area contributed by atoms with Gasteiger partial charge >= 0.3 is 0 Å². The molecule has 0 aliphatic carbocycles. The SMILES string of the molecule is COc1ccc(C(N)NN)cc1Br. The molecular weight excluding hydrogens is 234 g/mol. The summed E-state index contributed by atoms with van der Waals surface area (Å²) in [5.41, 5.74) is 9.02. The Balaban J connectivity index is 2.95. The predicted octanol–water partition coefficient (Wildman–Crippen LogP) is 0.878. The number of nitrogens with one attached hydrogen (secondary N) is 1. The smallest absolute Gasteiger partial charge is 0.133 e. The molecule has 1 unspecified atom stereocenters. The summed E-state index contributed by atoms with van der Waals surface area (Å²) in [5.74, 6) is 5.97. The zero-order chi connectivity index (χ0) is 9.84. The Hall–Kier alpha value is -0.620. The zero-order valence-corrected chi connectivity index (χ0v) is 8.84. The lowest BCUT2D eigenvalue weighted by Crippen LogP contribution is -2.34. The van der Waals surface area contributed by atoms with Crippen LogP contribution in [0.25, 0.3) is 0 Å². The summed E-state index contributed by atoms with van der Waals surface area (Å²) in [4.78, 5) is 0. The Labute approximate surface area is 85.3 Å². The average molecular weight is 246 g/mol. The molecule has 0 radical (unpaired) electrons. The van der Waals surface area contributed by atoms with Gasteiger partial charge in [0.05, 0.1) is 17.7 Å². The van der Waals surface area contributed by atoms with Crippen molar-refractivity contribution in [2.24, 2.45) is 11.6 Å². The van der Waals surface area contributed by atoms with Crippen LogP contribution in [-0.4, -0.2) is 7.11 Å². The van der Waals surface area contributed by atoms with Gasteiger partial charge in [-0.05, 0) is 33.6 Å². The lowest BCUT2D eigenvalue weighted by atomic mass is 10.2. The van der Waals surface area contributed by atoms with Gasteiger partial charge in [0.2, 0.25) is 0 Å². The molecule has 4 nitrogen and oxygen atoms in total. The molecule has 0 aromatic heterocycles. The van der Waals surface area contributed by atoms with Crippen LogP contribution in [0.15, 0.2) is 22.7 Å². The van der Waals surface area contributed by atoms with Crippen LogP contribution >= 0.6 is 15.9 Å². The van der Waals surface area contributed by atoms with Gasteiger partial charge in [0.1, 0.15) is 5.75 Å². The molecule has 5 N–H and O–H groups in total. The van der Waals surface area contributed by atoms with Crippen LogP contribution in [-0.2, 0) is 0 Å². The molecule has 0 heterocycles. The van der Waals surface area contributed by atoms with Gasteiger partial charge < -0.3 is 10.5 Å². The second-order valence-corrected chi connectivity index (χ2v) is 3.39. The first kappa shape index (κ1) is 10.5. The molecule has 1 atom stereocenters. The number of hydrazine groups is 1. The molecule has 0 bridgehead atoms. The lowest BCUT2D eigenvalue weighted by molar-refractivity contribution is 0.411. The zero-order valence-electron chi connectivity index (χ0n) is 7.25. The maximum atomic E-state index is 5.66. The number of halogens is 1. The molecule has 0 spiro atoms. The first-order valence-electron chi connectivity index (χ1n) is 3.74. The van der Waals surface area contributed by atoms with Crippen molar-refractivity contribution >= 4 is 15.9 Å². The Morgan fingerprint density at radius 2 is 2.23 bits per heavy atom. The molecule has 0 saturated carbocycles. The van der Waals surface area contributed by atoms with E-state index in [1.54, 1.807) is 7.11 Å². The average Bonchev–Trinajstić information content (AvgIpc) is 2.16. The quantitative estimate of drug-likeness (QED) is 0.420. The number of hydrogen-bond donors (Lipinski definition) is 3. The van der Waals surface area contributed by atoms with Gasteiger partial charge in [-0.2, -0.15) is 0 Å². The van der Waals surface area contributed by atoms with Crippen LogP contribution in [0.5, 0.6) is 5.75 Å². The van der Waals surface area contributed by atoms with Crippen molar-refractivity contribution in [2.75, 3.05) is 7.11 Å². The second-order valence-electron chi connectivity index (χ2n) is 2.54. The topological polar surface area (TPSA) is 73.3 Å². The molecule has 72 valence electrons. The van der Waals surface area contributed by atoms with Gasteiger partial charge in [-0.25, -0.2) is 5.43 Å². The van der Waals surface area contributed by atoms with E-state index >= 15 is 0 Å². The summed E-state index contributed by atoms with van der Waals surface area (Å²) in [6, 6.07) is 5.55. The van der Waals surface area contributed by atoms with E-state index in [-0.39, 0.29) is 6.17 Å². The summed E-state index contributed by atoms with van der Waals surface area (Å²) in [6.45, 7) is 0. The van der Waals surface area contributed by atoms with Crippen molar-refractivity contribution in [3.05, 3.63) is 28.2 Å². The molecule has 0 saturated heterocycles. The van der Waals surface area contributed by atoms with E-state index in [0.717, 1.165) is 15.8 Å².